The van der Waals surface area contributed by atoms with Crippen molar-refractivity contribution in [3.8, 4) is 5.75 Å². The van der Waals surface area contributed by atoms with E-state index in [-0.39, 0.29) is 12.1 Å². The molecule has 9 nitrogen and oxygen atoms in total. The van der Waals surface area contributed by atoms with Crippen LogP contribution >= 0.6 is 0 Å². The number of aromatic nitrogens is 4. The first-order chi connectivity index (χ1) is 17.0. The maximum absolute atomic E-state index is 6.40. The van der Waals surface area contributed by atoms with Crippen molar-refractivity contribution in [1.82, 2.24) is 19.5 Å². The van der Waals surface area contributed by atoms with Crippen LogP contribution in [0.15, 0.2) is 54.9 Å². The molecule has 0 bridgehead atoms. The van der Waals surface area contributed by atoms with E-state index in [1.807, 2.05) is 41.0 Å². The summed E-state index contributed by atoms with van der Waals surface area (Å²) in [6, 6.07) is 16.4. The summed E-state index contributed by atoms with van der Waals surface area (Å²) in [5, 5.41) is 0. The zero-order valence-electron chi connectivity index (χ0n) is 20.0. The third kappa shape index (κ3) is 4.85. The van der Waals surface area contributed by atoms with Gasteiger partial charge in [0.2, 0.25) is 5.95 Å². The van der Waals surface area contributed by atoms with Crippen molar-refractivity contribution in [3.05, 3.63) is 66.0 Å². The van der Waals surface area contributed by atoms with Crippen molar-refractivity contribution >= 4 is 28.6 Å². The number of hydrogen-bond donors (Lipinski definition) is 3. The van der Waals surface area contributed by atoms with E-state index in [9.17, 15) is 0 Å². The average molecular weight is 473 g/mol. The van der Waals surface area contributed by atoms with Gasteiger partial charge in [0.1, 0.15) is 11.3 Å². The van der Waals surface area contributed by atoms with Gasteiger partial charge in [-0.3, -0.25) is 0 Å². The highest BCUT2D eigenvalue weighted by atomic mass is 16.5. The van der Waals surface area contributed by atoms with Crippen molar-refractivity contribution in [1.29, 1.82) is 0 Å². The molecule has 5 rings (SSSR count). The number of methoxy groups -OCH3 is 1. The zero-order chi connectivity index (χ0) is 24.4. The summed E-state index contributed by atoms with van der Waals surface area (Å²) in [5.41, 5.74) is 23.1. The van der Waals surface area contributed by atoms with Crippen molar-refractivity contribution < 1.29 is 4.74 Å². The third-order valence-electron chi connectivity index (χ3n) is 6.80. The number of fused-ring (bicyclic) bond motifs is 1. The number of nitrogens with zero attached hydrogens (tertiary/aromatic N) is 5. The van der Waals surface area contributed by atoms with Crippen molar-refractivity contribution in [2.45, 2.75) is 50.9 Å². The number of nitrogen functional groups attached to an aromatic ring is 2. The van der Waals surface area contributed by atoms with Gasteiger partial charge < -0.3 is 31.4 Å². The van der Waals surface area contributed by atoms with Gasteiger partial charge >= 0.3 is 0 Å². The monoisotopic (exact) mass is 472 g/mol. The van der Waals surface area contributed by atoms with E-state index in [1.165, 1.54) is 0 Å². The number of nitrogens with two attached hydrogens (primary N) is 3. The predicted octanol–water partition coefficient (Wildman–Crippen LogP) is 3.32. The van der Waals surface area contributed by atoms with Gasteiger partial charge in [0.25, 0.3) is 0 Å². The second-order valence-electron chi connectivity index (χ2n) is 9.20. The first-order valence-corrected chi connectivity index (χ1v) is 12.0. The standard InChI is InChI=1S/C26H32N8O/c1-35-21-11-12-22(28)18(13-21)15-34(20-9-7-19(27)8-10-20)26-31-24(29)23-25(32-26)33(16-30-23)14-17-5-3-2-4-6-17/h2-6,11-13,16,19-20H,7-10,14-15,27-28H2,1H3,(H2,29,31,32). The fourth-order valence-electron chi connectivity index (χ4n) is 4.78. The Morgan fingerprint density at radius 3 is 2.54 bits per heavy atom. The molecule has 2 heterocycles. The number of hydrogen-bond acceptors (Lipinski definition) is 8. The molecule has 1 fully saturated rings. The van der Waals surface area contributed by atoms with Gasteiger partial charge in [-0.15, -0.1) is 0 Å². The Labute approximate surface area is 204 Å². The Bertz CT molecular complexity index is 1300. The number of rotatable bonds is 7. The van der Waals surface area contributed by atoms with Crippen LogP contribution in [-0.2, 0) is 13.1 Å². The molecule has 182 valence electrons. The van der Waals surface area contributed by atoms with Crippen LogP contribution in [0.2, 0.25) is 0 Å². The van der Waals surface area contributed by atoms with Gasteiger partial charge in [-0.2, -0.15) is 9.97 Å². The van der Waals surface area contributed by atoms with Gasteiger partial charge in [-0.25, -0.2) is 4.98 Å². The van der Waals surface area contributed by atoms with E-state index in [4.69, 9.17) is 31.9 Å². The second-order valence-corrected chi connectivity index (χ2v) is 9.20. The summed E-state index contributed by atoms with van der Waals surface area (Å²) in [7, 11) is 1.65. The molecule has 4 aromatic rings. The van der Waals surface area contributed by atoms with Gasteiger partial charge in [0.05, 0.1) is 20.0 Å². The number of benzene rings is 2. The molecule has 0 saturated heterocycles. The average Bonchev–Trinajstić information content (AvgIpc) is 3.28. The Morgan fingerprint density at radius 1 is 1.03 bits per heavy atom. The molecule has 1 saturated carbocycles. The fraction of sp³-hybridized carbons (Fsp3) is 0.346. The Balaban J connectivity index is 1.55. The van der Waals surface area contributed by atoms with Crippen molar-refractivity contribution in [3.63, 3.8) is 0 Å². The van der Waals surface area contributed by atoms with Crippen LogP contribution in [0.3, 0.4) is 0 Å². The molecule has 0 radical (unpaired) electrons. The van der Waals surface area contributed by atoms with E-state index < -0.39 is 0 Å². The van der Waals surface area contributed by atoms with Gasteiger partial charge in [-0.05, 0) is 55.0 Å². The lowest BCUT2D eigenvalue weighted by Crippen LogP contribution is -2.41. The van der Waals surface area contributed by atoms with Crippen LogP contribution in [0.25, 0.3) is 11.2 Å². The van der Waals surface area contributed by atoms with Gasteiger partial charge in [0, 0.05) is 24.3 Å². The molecule has 2 aromatic heterocycles. The number of imidazole rings is 1. The summed E-state index contributed by atoms with van der Waals surface area (Å²) in [6.45, 7) is 1.19. The molecule has 2 aromatic carbocycles. The lowest BCUT2D eigenvalue weighted by molar-refractivity contribution is 0.371. The Morgan fingerprint density at radius 2 is 1.80 bits per heavy atom. The molecular weight excluding hydrogens is 440 g/mol. The molecule has 6 N–H and O–H groups in total. The molecule has 0 spiro atoms. The van der Waals surface area contributed by atoms with Crippen molar-refractivity contribution in [2.75, 3.05) is 23.5 Å². The van der Waals surface area contributed by atoms with E-state index in [0.717, 1.165) is 42.6 Å². The molecule has 0 amide bonds. The summed E-state index contributed by atoms with van der Waals surface area (Å²) in [5.74, 6) is 1.71. The van der Waals surface area contributed by atoms with Crippen LogP contribution in [0.5, 0.6) is 5.75 Å². The zero-order valence-corrected chi connectivity index (χ0v) is 20.0. The van der Waals surface area contributed by atoms with Gasteiger partial charge in [0.15, 0.2) is 11.5 Å². The molecular formula is C26H32N8O. The minimum atomic E-state index is 0.225. The summed E-state index contributed by atoms with van der Waals surface area (Å²) < 4.78 is 7.46. The minimum Gasteiger partial charge on any atom is -0.497 e. The molecule has 9 heteroatoms. The third-order valence-corrected chi connectivity index (χ3v) is 6.80. The highest BCUT2D eigenvalue weighted by Gasteiger charge is 2.28. The maximum Gasteiger partial charge on any atom is 0.230 e. The molecule has 1 aliphatic rings. The highest BCUT2D eigenvalue weighted by Crippen LogP contribution is 2.31. The summed E-state index contributed by atoms with van der Waals surface area (Å²) >= 11 is 0. The fourth-order valence-corrected chi connectivity index (χ4v) is 4.78. The molecule has 35 heavy (non-hydrogen) atoms. The Hall–Kier alpha value is -3.85. The van der Waals surface area contributed by atoms with E-state index in [2.05, 4.69) is 22.0 Å². The predicted molar refractivity (Wildman–Crippen MR) is 139 cm³/mol. The number of anilines is 3. The molecule has 0 unspecified atom stereocenters. The molecule has 1 aliphatic carbocycles. The van der Waals surface area contributed by atoms with Crippen LogP contribution in [0.1, 0.15) is 36.8 Å². The largest absolute Gasteiger partial charge is 0.497 e. The maximum atomic E-state index is 6.40. The van der Waals surface area contributed by atoms with E-state index >= 15 is 0 Å². The normalized spacial score (nSPS) is 18.0. The lowest BCUT2D eigenvalue weighted by Gasteiger charge is -2.36. The van der Waals surface area contributed by atoms with Crippen molar-refractivity contribution in [2.24, 2.45) is 5.73 Å². The SMILES string of the molecule is COc1ccc(N)c(CN(c2nc(N)c3ncn(Cc4ccccc4)c3n2)C2CCC(N)CC2)c1. The topological polar surface area (TPSA) is 134 Å². The minimum absolute atomic E-state index is 0.225. The summed E-state index contributed by atoms with van der Waals surface area (Å²) in [4.78, 5) is 16.4. The Kier molecular flexibility index (Phi) is 6.41. The second kappa shape index (κ2) is 9.79. The molecule has 0 atom stereocenters. The lowest BCUT2D eigenvalue weighted by atomic mass is 9.90. The van der Waals surface area contributed by atoms with E-state index in [1.54, 1.807) is 13.4 Å². The first kappa shape index (κ1) is 22.9. The van der Waals surface area contributed by atoms with E-state index in [0.29, 0.717) is 41.7 Å². The van der Waals surface area contributed by atoms with Crippen LogP contribution < -0.4 is 26.8 Å². The van der Waals surface area contributed by atoms with Gasteiger partial charge in [-0.1, -0.05) is 30.3 Å². The van der Waals surface area contributed by atoms with Crippen LogP contribution in [-0.4, -0.2) is 38.7 Å². The van der Waals surface area contributed by atoms with Crippen LogP contribution in [0.4, 0.5) is 17.5 Å². The first-order valence-electron chi connectivity index (χ1n) is 12.0. The smallest absolute Gasteiger partial charge is 0.230 e. The number of ether oxygens (including phenoxy) is 1. The quantitative estimate of drug-likeness (QED) is 0.349. The molecule has 0 aliphatic heterocycles. The highest BCUT2D eigenvalue weighted by molar-refractivity contribution is 5.83. The summed E-state index contributed by atoms with van der Waals surface area (Å²) in [6.07, 6.45) is 5.60. The van der Waals surface area contributed by atoms with Crippen LogP contribution in [0, 0.1) is 0 Å².